The fraction of sp³-hybridized carbons (Fsp3) is 0.438. The van der Waals surface area contributed by atoms with Gasteiger partial charge in [0.15, 0.2) is 0 Å². The lowest BCUT2D eigenvalue weighted by molar-refractivity contribution is 0.0508. The molecule has 1 unspecified atom stereocenters. The van der Waals surface area contributed by atoms with Gasteiger partial charge in [0.05, 0.1) is 6.26 Å². The number of hydrogen-bond acceptors (Lipinski definition) is 3. The number of hydrogen-bond donors (Lipinski definition) is 1. The minimum Gasteiger partial charge on any atom is -0.464 e. The van der Waals surface area contributed by atoms with Crippen LogP contribution in [0.15, 0.2) is 34.9 Å². The molecule has 1 N–H and O–H groups in total. The summed E-state index contributed by atoms with van der Waals surface area (Å²) in [7, 11) is 0. The molecule has 1 heterocycles. The lowest BCUT2D eigenvalue weighted by atomic mass is 10.0. The first kappa shape index (κ1) is 14.4. The highest BCUT2D eigenvalue weighted by Gasteiger charge is 2.18. The van der Waals surface area contributed by atoms with Crippen LogP contribution in [0, 0.1) is 0 Å². The van der Waals surface area contributed by atoms with Gasteiger partial charge in [-0.1, -0.05) is 12.1 Å². The normalized spacial score (nSPS) is 13.2. The molecular weight excluding hydrogens is 254 g/mol. The van der Waals surface area contributed by atoms with Gasteiger partial charge in [-0.3, -0.25) is 0 Å². The van der Waals surface area contributed by atoms with Gasteiger partial charge in [-0.2, -0.15) is 0 Å². The molecule has 0 aliphatic carbocycles. The van der Waals surface area contributed by atoms with Crippen LogP contribution >= 0.6 is 0 Å². The summed E-state index contributed by atoms with van der Waals surface area (Å²) in [4.78, 5) is 11.7. The van der Waals surface area contributed by atoms with Gasteiger partial charge >= 0.3 is 6.09 Å². The minimum absolute atomic E-state index is 0.00894. The Morgan fingerprint density at radius 1 is 1.35 bits per heavy atom. The zero-order valence-electron chi connectivity index (χ0n) is 12.4. The van der Waals surface area contributed by atoms with Crippen molar-refractivity contribution in [2.45, 2.75) is 45.8 Å². The highest BCUT2D eigenvalue weighted by atomic mass is 16.6. The molecule has 0 bridgehead atoms. The largest absolute Gasteiger partial charge is 0.464 e. The van der Waals surface area contributed by atoms with Gasteiger partial charge in [0.25, 0.3) is 0 Å². The number of nitrogens with one attached hydrogen (secondary N) is 1. The molecule has 20 heavy (non-hydrogen) atoms. The number of fused-ring (bicyclic) bond motifs is 1. The number of benzene rings is 1. The molecule has 1 amide bonds. The van der Waals surface area contributed by atoms with E-state index < -0.39 is 5.60 Å². The van der Waals surface area contributed by atoms with E-state index >= 15 is 0 Å². The Bertz CT molecular complexity index is 595. The molecule has 4 nitrogen and oxygen atoms in total. The maximum atomic E-state index is 11.7. The number of rotatable bonds is 3. The fourth-order valence-corrected chi connectivity index (χ4v) is 2.12. The van der Waals surface area contributed by atoms with E-state index in [-0.39, 0.29) is 12.1 Å². The van der Waals surface area contributed by atoms with Crippen LogP contribution < -0.4 is 5.32 Å². The van der Waals surface area contributed by atoms with E-state index in [1.165, 1.54) is 0 Å². The fourth-order valence-electron chi connectivity index (χ4n) is 2.12. The first-order chi connectivity index (χ1) is 9.35. The van der Waals surface area contributed by atoms with Crippen molar-refractivity contribution < 1.29 is 13.9 Å². The lowest BCUT2D eigenvalue weighted by Crippen LogP contribution is -2.38. The van der Waals surface area contributed by atoms with E-state index in [2.05, 4.69) is 5.32 Å². The Morgan fingerprint density at radius 2 is 2.10 bits per heavy atom. The van der Waals surface area contributed by atoms with Crippen molar-refractivity contribution in [3.8, 4) is 0 Å². The second-order valence-electron chi connectivity index (χ2n) is 6.00. The Hall–Kier alpha value is -1.97. The zero-order chi connectivity index (χ0) is 14.8. The smallest absolute Gasteiger partial charge is 0.407 e. The van der Waals surface area contributed by atoms with Crippen LogP contribution in [0.5, 0.6) is 0 Å². The molecule has 0 spiro atoms. The Balaban J connectivity index is 1.99. The van der Waals surface area contributed by atoms with Crippen molar-refractivity contribution in [3.05, 3.63) is 36.1 Å². The second kappa shape index (κ2) is 5.57. The first-order valence-electron chi connectivity index (χ1n) is 6.80. The molecule has 0 aliphatic rings. The van der Waals surface area contributed by atoms with Gasteiger partial charge < -0.3 is 14.5 Å². The van der Waals surface area contributed by atoms with E-state index in [1.54, 1.807) is 6.26 Å². The van der Waals surface area contributed by atoms with Crippen LogP contribution in [0.25, 0.3) is 11.0 Å². The van der Waals surface area contributed by atoms with Crippen LogP contribution in [-0.2, 0) is 11.2 Å². The lowest BCUT2D eigenvalue weighted by Gasteiger charge is -2.22. The van der Waals surface area contributed by atoms with E-state index in [9.17, 15) is 4.79 Å². The van der Waals surface area contributed by atoms with Gasteiger partial charge in [-0.25, -0.2) is 4.79 Å². The number of carbonyl (C=O) groups excluding carboxylic acids is 1. The Morgan fingerprint density at radius 3 is 2.80 bits per heavy atom. The third-order valence-corrected chi connectivity index (χ3v) is 2.88. The predicted molar refractivity (Wildman–Crippen MR) is 78.7 cm³/mol. The third-order valence-electron chi connectivity index (χ3n) is 2.88. The van der Waals surface area contributed by atoms with Crippen molar-refractivity contribution in [1.82, 2.24) is 5.32 Å². The molecule has 1 aromatic carbocycles. The number of furan rings is 1. The van der Waals surface area contributed by atoms with Crippen LogP contribution in [0.1, 0.15) is 33.3 Å². The number of ether oxygens (including phenoxy) is 1. The molecular formula is C16H21NO3. The summed E-state index contributed by atoms with van der Waals surface area (Å²) in [6.07, 6.45) is 2.03. The van der Waals surface area contributed by atoms with Gasteiger partial charge in [0.1, 0.15) is 11.2 Å². The van der Waals surface area contributed by atoms with Gasteiger partial charge in [-0.05, 0) is 51.8 Å². The topological polar surface area (TPSA) is 51.5 Å². The number of amides is 1. The maximum absolute atomic E-state index is 11.7. The van der Waals surface area contributed by atoms with Crippen LogP contribution in [-0.4, -0.2) is 17.7 Å². The van der Waals surface area contributed by atoms with E-state index in [0.29, 0.717) is 0 Å². The van der Waals surface area contributed by atoms with Crippen LogP contribution in [0.2, 0.25) is 0 Å². The average molecular weight is 275 g/mol. The summed E-state index contributed by atoms with van der Waals surface area (Å²) < 4.78 is 10.6. The molecule has 2 aromatic rings. The predicted octanol–water partition coefficient (Wildman–Crippen LogP) is 3.89. The molecule has 0 aliphatic heterocycles. The molecule has 1 atom stereocenters. The number of alkyl carbamates (subject to hydrolysis) is 1. The third kappa shape index (κ3) is 3.76. The van der Waals surface area contributed by atoms with Crippen molar-refractivity contribution in [1.29, 1.82) is 0 Å². The standard InChI is InChI=1S/C16H21NO3/c1-11(17-15(18)20-16(2,3)4)10-12-6-5-7-14-13(12)8-9-19-14/h5-9,11H,10H2,1-4H3,(H,17,18). The van der Waals surface area contributed by atoms with Gasteiger partial charge in [-0.15, -0.1) is 0 Å². The number of carbonyl (C=O) groups is 1. The molecule has 0 saturated carbocycles. The van der Waals surface area contributed by atoms with Crippen molar-refractivity contribution in [2.24, 2.45) is 0 Å². The van der Waals surface area contributed by atoms with Gasteiger partial charge in [0.2, 0.25) is 0 Å². The molecule has 0 fully saturated rings. The Kier molecular flexibility index (Phi) is 4.02. The monoisotopic (exact) mass is 275 g/mol. The highest BCUT2D eigenvalue weighted by Crippen LogP contribution is 2.21. The summed E-state index contributed by atoms with van der Waals surface area (Å²) in [5.74, 6) is 0. The summed E-state index contributed by atoms with van der Waals surface area (Å²) >= 11 is 0. The molecule has 4 heteroatoms. The summed E-state index contributed by atoms with van der Waals surface area (Å²) in [5, 5.41) is 3.94. The minimum atomic E-state index is -0.478. The average Bonchev–Trinajstić information content (AvgIpc) is 2.74. The quantitative estimate of drug-likeness (QED) is 0.924. The second-order valence-corrected chi connectivity index (χ2v) is 6.00. The van der Waals surface area contributed by atoms with E-state index in [0.717, 1.165) is 23.0 Å². The molecule has 2 rings (SSSR count). The first-order valence-corrected chi connectivity index (χ1v) is 6.80. The van der Waals surface area contributed by atoms with E-state index in [1.807, 2.05) is 52.0 Å². The Labute approximate surface area is 119 Å². The zero-order valence-corrected chi connectivity index (χ0v) is 12.4. The SMILES string of the molecule is CC(Cc1cccc2occc12)NC(=O)OC(C)(C)C. The van der Waals surface area contributed by atoms with Crippen LogP contribution in [0.3, 0.4) is 0 Å². The van der Waals surface area contributed by atoms with Gasteiger partial charge in [0, 0.05) is 11.4 Å². The molecule has 108 valence electrons. The molecule has 0 radical (unpaired) electrons. The van der Waals surface area contributed by atoms with Crippen molar-refractivity contribution in [3.63, 3.8) is 0 Å². The van der Waals surface area contributed by atoms with Crippen molar-refractivity contribution >= 4 is 17.1 Å². The van der Waals surface area contributed by atoms with Crippen molar-refractivity contribution in [2.75, 3.05) is 0 Å². The summed E-state index contributed by atoms with van der Waals surface area (Å²) in [6.45, 7) is 7.51. The van der Waals surface area contributed by atoms with Crippen LogP contribution in [0.4, 0.5) is 4.79 Å². The summed E-state index contributed by atoms with van der Waals surface area (Å²) in [5.41, 5.74) is 1.54. The molecule has 1 aromatic heterocycles. The molecule has 0 saturated heterocycles. The summed E-state index contributed by atoms with van der Waals surface area (Å²) in [6, 6.07) is 7.88. The van der Waals surface area contributed by atoms with E-state index in [4.69, 9.17) is 9.15 Å². The maximum Gasteiger partial charge on any atom is 0.407 e. The highest BCUT2D eigenvalue weighted by molar-refractivity contribution is 5.81.